The lowest BCUT2D eigenvalue weighted by atomic mass is 10.2. The molecule has 0 aromatic rings. The van der Waals surface area contributed by atoms with Gasteiger partial charge in [0, 0.05) is 32.3 Å². The highest BCUT2D eigenvalue weighted by atomic mass is 16.5. The van der Waals surface area contributed by atoms with E-state index in [1.165, 1.54) is 19.3 Å². The van der Waals surface area contributed by atoms with Gasteiger partial charge in [0.1, 0.15) is 0 Å². The van der Waals surface area contributed by atoms with E-state index in [9.17, 15) is 0 Å². The predicted molar refractivity (Wildman–Crippen MR) is 70.3 cm³/mol. The molecule has 102 valence electrons. The van der Waals surface area contributed by atoms with Crippen LogP contribution in [0.2, 0.25) is 0 Å². The molecule has 0 saturated carbocycles. The van der Waals surface area contributed by atoms with Gasteiger partial charge in [-0.25, -0.2) is 0 Å². The highest BCUT2D eigenvalue weighted by Crippen LogP contribution is 2.06. The van der Waals surface area contributed by atoms with Crippen LogP contribution in [0.3, 0.4) is 0 Å². The Kier molecular flexibility index (Phi) is 8.61. The number of rotatable bonds is 10. The molecule has 0 amide bonds. The summed E-state index contributed by atoms with van der Waals surface area (Å²) in [5.74, 6) is 0. The molecule has 1 saturated heterocycles. The number of nitrogens with zero attached hydrogens (tertiary/aromatic N) is 1. The summed E-state index contributed by atoms with van der Waals surface area (Å²) in [6.07, 6.45) is 4.87. The van der Waals surface area contributed by atoms with Gasteiger partial charge in [0.2, 0.25) is 0 Å². The Morgan fingerprint density at radius 1 is 1.35 bits per heavy atom. The maximum Gasteiger partial charge on any atom is 0.0593 e. The van der Waals surface area contributed by atoms with Crippen LogP contribution in [0.15, 0.2) is 0 Å². The Morgan fingerprint density at radius 3 is 2.88 bits per heavy atom. The van der Waals surface area contributed by atoms with Crippen molar-refractivity contribution in [1.29, 1.82) is 0 Å². The van der Waals surface area contributed by atoms with E-state index in [4.69, 9.17) is 9.84 Å². The largest absolute Gasteiger partial charge is 0.395 e. The average molecular weight is 244 g/mol. The van der Waals surface area contributed by atoms with Crippen molar-refractivity contribution in [2.75, 3.05) is 46.0 Å². The first kappa shape index (κ1) is 14.9. The number of hydrogen-bond donors (Lipinski definition) is 2. The van der Waals surface area contributed by atoms with Gasteiger partial charge in [0.15, 0.2) is 0 Å². The van der Waals surface area contributed by atoms with Gasteiger partial charge in [0.05, 0.1) is 13.2 Å². The summed E-state index contributed by atoms with van der Waals surface area (Å²) in [6, 6.07) is 0.609. The molecule has 17 heavy (non-hydrogen) atoms. The predicted octanol–water partition coefficient (Wildman–Crippen LogP) is 0.849. The van der Waals surface area contributed by atoms with Crippen LogP contribution in [0.5, 0.6) is 0 Å². The number of hydrogen-bond acceptors (Lipinski definition) is 4. The van der Waals surface area contributed by atoms with Gasteiger partial charge < -0.3 is 15.2 Å². The Morgan fingerprint density at radius 2 is 2.24 bits per heavy atom. The fourth-order valence-electron chi connectivity index (χ4n) is 2.20. The lowest BCUT2D eigenvalue weighted by Gasteiger charge is -2.24. The van der Waals surface area contributed by atoms with E-state index in [1.54, 1.807) is 0 Å². The topological polar surface area (TPSA) is 44.7 Å². The minimum absolute atomic E-state index is 0.238. The minimum atomic E-state index is 0.238. The van der Waals surface area contributed by atoms with Crippen molar-refractivity contribution in [3.63, 3.8) is 0 Å². The zero-order valence-corrected chi connectivity index (χ0v) is 11.2. The molecule has 0 aromatic carbocycles. The van der Waals surface area contributed by atoms with Crippen LogP contribution in [0.1, 0.15) is 32.6 Å². The first-order valence-corrected chi connectivity index (χ1v) is 7.01. The molecule has 0 spiro atoms. The Hall–Kier alpha value is -0.160. The molecule has 0 radical (unpaired) electrons. The number of nitrogens with one attached hydrogen (secondary N) is 1. The zero-order chi connectivity index (χ0) is 12.3. The van der Waals surface area contributed by atoms with Crippen LogP contribution in [0, 0.1) is 0 Å². The van der Waals surface area contributed by atoms with Gasteiger partial charge in [-0.05, 0) is 25.8 Å². The van der Waals surface area contributed by atoms with Crippen molar-refractivity contribution in [3.8, 4) is 0 Å². The van der Waals surface area contributed by atoms with Crippen LogP contribution in [-0.2, 0) is 4.74 Å². The van der Waals surface area contributed by atoms with E-state index in [1.807, 2.05) is 0 Å². The monoisotopic (exact) mass is 244 g/mol. The second-order valence-electron chi connectivity index (χ2n) is 4.78. The quantitative estimate of drug-likeness (QED) is 0.559. The van der Waals surface area contributed by atoms with Gasteiger partial charge in [-0.1, -0.05) is 13.3 Å². The second kappa shape index (κ2) is 9.83. The van der Waals surface area contributed by atoms with E-state index in [-0.39, 0.29) is 6.61 Å². The van der Waals surface area contributed by atoms with Crippen molar-refractivity contribution >= 4 is 0 Å². The van der Waals surface area contributed by atoms with Gasteiger partial charge in [-0.2, -0.15) is 0 Å². The average Bonchev–Trinajstić information content (AvgIpc) is 2.82. The van der Waals surface area contributed by atoms with E-state index in [0.29, 0.717) is 6.04 Å². The number of unbranched alkanes of at least 4 members (excludes halogenated alkanes) is 1. The highest BCUT2D eigenvalue weighted by molar-refractivity contribution is 4.77. The molecule has 1 fully saturated rings. The van der Waals surface area contributed by atoms with Crippen molar-refractivity contribution in [2.45, 2.75) is 38.6 Å². The van der Waals surface area contributed by atoms with E-state index >= 15 is 0 Å². The molecule has 1 atom stereocenters. The normalized spacial score (nSPS) is 20.3. The fraction of sp³-hybridized carbons (Fsp3) is 1.00. The lowest BCUT2D eigenvalue weighted by molar-refractivity contribution is 0.0906. The Labute approximate surface area is 105 Å². The Balaban J connectivity index is 2.08. The number of aliphatic hydroxyl groups is 1. The first-order chi connectivity index (χ1) is 8.36. The molecular weight excluding hydrogens is 216 g/mol. The van der Waals surface area contributed by atoms with E-state index in [2.05, 4.69) is 17.1 Å². The van der Waals surface area contributed by atoms with Crippen LogP contribution in [-0.4, -0.2) is 62.0 Å². The van der Waals surface area contributed by atoms with Crippen LogP contribution >= 0.6 is 0 Å². The molecule has 1 unspecified atom stereocenters. The minimum Gasteiger partial charge on any atom is -0.395 e. The zero-order valence-electron chi connectivity index (χ0n) is 11.2. The maximum atomic E-state index is 9.05. The van der Waals surface area contributed by atoms with Gasteiger partial charge in [-0.3, -0.25) is 4.90 Å². The standard InChI is InChI=1S/C13H28N2O2/c1-2-3-10-17-11-8-15(7-9-16)12-13-5-4-6-14-13/h13-14,16H,2-12H2,1H3. The van der Waals surface area contributed by atoms with Gasteiger partial charge in [-0.15, -0.1) is 0 Å². The third-order valence-electron chi connectivity index (χ3n) is 3.25. The summed E-state index contributed by atoms with van der Waals surface area (Å²) in [7, 11) is 0. The molecule has 0 aromatic heterocycles. The number of aliphatic hydroxyl groups excluding tert-OH is 1. The molecule has 2 N–H and O–H groups in total. The molecule has 1 rings (SSSR count). The molecule has 4 nitrogen and oxygen atoms in total. The highest BCUT2D eigenvalue weighted by Gasteiger charge is 2.17. The van der Waals surface area contributed by atoms with E-state index < -0.39 is 0 Å². The van der Waals surface area contributed by atoms with Crippen molar-refractivity contribution < 1.29 is 9.84 Å². The molecule has 1 aliphatic rings. The van der Waals surface area contributed by atoms with Crippen molar-refractivity contribution in [3.05, 3.63) is 0 Å². The third kappa shape index (κ3) is 6.99. The smallest absolute Gasteiger partial charge is 0.0593 e. The molecule has 4 heteroatoms. The molecule has 0 bridgehead atoms. The Bertz CT molecular complexity index is 173. The molecule has 0 aliphatic carbocycles. The second-order valence-corrected chi connectivity index (χ2v) is 4.78. The summed E-state index contributed by atoms with van der Waals surface area (Å²) in [5, 5.41) is 12.5. The first-order valence-electron chi connectivity index (χ1n) is 7.01. The van der Waals surface area contributed by atoms with Crippen molar-refractivity contribution in [1.82, 2.24) is 10.2 Å². The summed E-state index contributed by atoms with van der Waals surface area (Å²) in [6.45, 7) is 7.94. The van der Waals surface area contributed by atoms with Gasteiger partial charge >= 0.3 is 0 Å². The summed E-state index contributed by atoms with van der Waals surface area (Å²) in [5.41, 5.74) is 0. The van der Waals surface area contributed by atoms with Crippen LogP contribution in [0.25, 0.3) is 0 Å². The maximum absolute atomic E-state index is 9.05. The van der Waals surface area contributed by atoms with Crippen LogP contribution in [0.4, 0.5) is 0 Å². The molecular formula is C13H28N2O2. The SMILES string of the molecule is CCCCOCCN(CCO)CC1CCCN1. The summed E-state index contributed by atoms with van der Waals surface area (Å²) >= 11 is 0. The lowest BCUT2D eigenvalue weighted by Crippen LogP contribution is -2.40. The summed E-state index contributed by atoms with van der Waals surface area (Å²) < 4.78 is 5.57. The van der Waals surface area contributed by atoms with E-state index in [0.717, 1.165) is 45.8 Å². The molecule has 1 heterocycles. The third-order valence-corrected chi connectivity index (χ3v) is 3.25. The van der Waals surface area contributed by atoms with Gasteiger partial charge in [0.25, 0.3) is 0 Å². The number of ether oxygens (including phenoxy) is 1. The fourth-order valence-corrected chi connectivity index (χ4v) is 2.20. The molecule has 1 aliphatic heterocycles. The summed E-state index contributed by atoms with van der Waals surface area (Å²) in [4.78, 5) is 2.30. The van der Waals surface area contributed by atoms with Crippen molar-refractivity contribution in [2.24, 2.45) is 0 Å². The van der Waals surface area contributed by atoms with Crippen LogP contribution < -0.4 is 5.32 Å².